The number of aromatic nitrogens is 1. The topological polar surface area (TPSA) is 19.4 Å². The molecule has 1 aliphatic rings. The molecule has 0 N–H and O–H groups in total. The van der Waals surface area contributed by atoms with Gasteiger partial charge in [-0.05, 0) is 25.2 Å². The van der Waals surface area contributed by atoms with Gasteiger partial charge >= 0.3 is 0 Å². The maximum Gasteiger partial charge on any atom is 0.0964 e. The molecule has 0 bridgehead atoms. The van der Waals surface area contributed by atoms with Crippen molar-refractivity contribution in [2.24, 2.45) is 0 Å². The number of nitrogens with zero attached hydrogens (tertiary/aromatic N) is 3. The fourth-order valence-electron chi connectivity index (χ4n) is 2.44. The lowest BCUT2D eigenvalue weighted by atomic mass is 10.2. The number of piperazine rings is 1. The number of fused-ring (bicyclic) bond motifs is 1. The molecule has 0 amide bonds. The van der Waals surface area contributed by atoms with Crippen LogP contribution in [0, 0.1) is 0 Å². The molecule has 0 radical (unpaired) electrons. The summed E-state index contributed by atoms with van der Waals surface area (Å²) >= 11 is 1.82. The largest absolute Gasteiger partial charge is 0.369 e. The van der Waals surface area contributed by atoms with Gasteiger partial charge in [-0.3, -0.25) is 0 Å². The summed E-state index contributed by atoms with van der Waals surface area (Å²) in [5.74, 6) is 0.518. The van der Waals surface area contributed by atoms with Crippen LogP contribution < -0.4 is 4.90 Å². The zero-order chi connectivity index (χ0) is 13.4. The normalized spacial score (nSPS) is 17.6. The second kappa shape index (κ2) is 5.10. The number of likely N-dealkylation sites (N-methyl/N-ethyl adjacent to an activating group) is 1. The summed E-state index contributed by atoms with van der Waals surface area (Å²) in [4.78, 5) is 9.61. The van der Waals surface area contributed by atoms with Crippen molar-refractivity contribution >= 4 is 27.2 Å². The molecule has 0 unspecified atom stereocenters. The second-order valence-electron chi connectivity index (χ2n) is 5.65. The van der Waals surface area contributed by atoms with Crippen LogP contribution in [0.4, 0.5) is 5.69 Å². The van der Waals surface area contributed by atoms with E-state index in [2.05, 4.69) is 48.9 Å². The lowest BCUT2D eigenvalue weighted by Crippen LogP contribution is -2.44. The van der Waals surface area contributed by atoms with E-state index in [0.29, 0.717) is 5.92 Å². The van der Waals surface area contributed by atoms with E-state index < -0.39 is 0 Å². The van der Waals surface area contributed by atoms with Crippen molar-refractivity contribution < 1.29 is 0 Å². The Balaban J connectivity index is 1.88. The number of rotatable bonds is 2. The van der Waals surface area contributed by atoms with Gasteiger partial charge in [0.2, 0.25) is 0 Å². The van der Waals surface area contributed by atoms with Gasteiger partial charge in [-0.2, -0.15) is 0 Å². The standard InChI is InChI=1S/C15H21N3S/c1-11(2)15-16-13-10-12(4-5-14(13)19-15)18-8-6-17(3)7-9-18/h4-5,10-11H,6-9H2,1-3H3. The van der Waals surface area contributed by atoms with Crippen LogP contribution in [0.3, 0.4) is 0 Å². The van der Waals surface area contributed by atoms with Gasteiger partial charge in [-0.15, -0.1) is 11.3 Å². The Labute approximate surface area is 118 Å². The summed E-state index contributed by atoms with van der Waals surface area (Å²) in [6, 6.07) is 6.73. The highest BCUT2D eigenvalue weighted by Gasteiger charge is 2.15. The predicted molar refractivity (Wildman–Crippen MR) is 83.4 cm³/mol. The first-order valence-electron chi connectivity index (χ1n) is 6.97. The van der Waals surface area contributed by atoms with Crippen LogP contribution >= 0.6 is 11.3 Å². The molecular formula is C15H21N3S. The van der Waals surface area contributed by atoms with E-state index in [1.807, 2.05) is 11.3 Å². The van der Waals surface area contributed by atoms with E-state index in [-0.39, 0.29) is 0 Å². The van der Waals surface area contributed by atoms with E-state index >= 15 is 0 Å². The van der Waals surface area contributed by atoms with Gasteiger partial charge in [0.25, 0.3) is 0 Å². The summed E-state index contributed by atoms with van der Waals surface area (Å²) in [5, 5.41) is 1.24. The van der Waals surface area contributed by atoms with Gasteiger partial charge in [-0.25, -0.2) is 4.98 Å². The Kier molecular flexibility index (Phi) is 3.46. The summed E-state index contributed by atoms with van der Waals surface area (Å²) in [5.41, 5.74) is 2.48. The van der Waals surface area contributed by atoms with Crippen LogP contribution in [0.1, 0.15) is 24.8 Å². The van der Waals surface area contributed by atoms with Gasteiger partial charge in [-0.1, -0.05) is 13.8 Å². The molecule has 0 saturated carbocycles. The SMILES string of the molecule is CC(C)c1nc2cc(N3CCN(C)CC3)ccc2s1. The zero-order valence-electron chi connectivity index (χ0n) is 11.9. The maximum absolute atomic E-state index is 4.76. The smallest absolute Gasteiger partial charge is 0.0964 e. The first-order valence-corrected chi connectivity index (χ1v) is 7.79. The predicted octanol–water partition coefficient (Wildman–Crippen LogP) is 3.17. The number of thiazole rings is 1. The third-order valence-electron chi connectivity index (χ3n) is 3.75. The third-order valence-corrected chi connectivity index (χ3v) is 5.09. The zero-order valence-corrected chi connectivity index (χ0v) is 12.7. The van der Waals surface area contributed by atoms with Crippen molar-refractivity contribution in [2.45, 2.75) is 19.8 Å². The molecule has 3 nitrogen and oxygen atoms in total. The molecule has 0 aliphatic carbocycles. The molecular weight excluding hydrogens is 254 g/mol. The van der Waals surface area contributed by atoms with E-state index in [1.54, 1.807) is 0 Å². The first kappa shape index (κ1) is 12.9. The summed E-state index contributed by atoms with van der Waals surface area (Å²) in [6.07, 6.45) is 0. The summed E-state index contributed by atoms with van der Waals surface area (Å²) in [6.45, 7) is 8.93. The quantitative estimate of drug-likeness (QED) is 0.839. The third kappa shape index (κ3) is 2.60. The Bertz CT molecular complexity index is 568. The van der Waals surface area contributed by atoms with Crippen LogP contribution in [0.25, 0.3) is 10.2 Å². The molecule has 19 heavy (non-hydrogen) atoms. The van der Waals surface area contributed by atoms with Gasteiger partial charge in [0.05, 0.1) is 15.2 Å². The Morgan fingerprint density at radius 2 is 1.89 bits per heavy atom. The number of hydrogen-bond donors (Lipinski definition) is 0. The highest BCUT2D eigenvalue weighted by molar-refractivity contribution is 7.18. The summed E-state index contributed by atoms with van der Waals surface area (Å²) < 4.78 is 1.31. The minimum atomic E-state index is 0.518. The van der Waals surface area contributed by atoms with Crippen LogP contribution in [0.5, 0.6) is 0 Å². The minimum Gasteiger partial charge on any atom is -0.369 e. The molecule has 1 fully saturated rings. The molecule has 1 aromatic carbocycles. The fourth-order valence-corrected chi connectivity index (χ4v) is 3.39. The number of hydrogen-bond acceptors (Lipinski definition) is 4. The number of benzene rings is 1. The maximum atomic E-state index is 4.76. The van der Waals surface area contributed by atoms with Crippen LogP contribution in [0.2, 0.25) is 0 Å². The molecule has 2 aromatic rings. The average Bonchev–Trinajstić information content (AvgIpc) is 2.82. The van der Waals surface area contributed by atoms with Gasteiger partial charge in [0, 0.05) is 37.8 Å². The van der Waals surface area contributed by atoms with Crippen molar-refractivity contribution in [3.05, 3.63) is 23.2 Å². The van der Waals surface area contributed by atoms with E-state index in [1.165, 1.54) is 15.4 Å². The molecule has 4 heteroatoms. The molecule has 0 spiro atoms. The number of anilines is 1. The lowest BCUT2D eigenvalue weighted by Gasteiger charge is -2.34. The highest BCUT2D eigenvalue weighted by atomic mass is 32.1. The molecule has 1 aromatic heterocycles. The Hall–Kier alpha value is -1.13. The van der Waals surface area contributed by atoms with Crippen molar-refractivity contribution in [1.29, 1.82) is 0 Å². The molecule has 0 atom stereocenters. The highest BCUT2D eigenvalue weighted by Crippen LogP contribution is 2.30. The van der Waals surface area contributed by atoms with Crippen molar-refractivity contribution in [3.8, 4) is 0 Å². The van der Waals surface area contributed by atoms with Crippen LogP contribution in [-0.2, 0) is 0 Å². The molecule has 1 saturated heterocycles. The van der Waals surface area contributed by atoms with Crippen molar-refractivity contribution in [1.82, 2.24) is 9.88 Å². The van der Waals surface area contributed by atoms with E-state index in [9.17, 15) is 0 Å². The van der Waals surface area contributed by atoms with E-state index in [0.717, 1.165) is 31.7 Å². The second-order valence-corrected chi connectivity index (χ2v) is 6.71. The van der Waals surface area contributed by atoms with E-state index in [4.69, 9.17) is 4.98 Å². The van der Waals surface area contributed by atoms with Gasteiger partial charge in [0.1, 0.15) is 0 Å². The summed E-state index contributed by atoms with van der Waals surface area (Å²) in [7, 11) is 2.19. The van der Waals surface area contributed by atoms with Crippen molar-refractivity contribution in [2.75, 3.05) is 38.1 Å². The molecule has 3 rings (SSSR count). The van der Waals surface area contributed by atoms with Crippen LogP contribution in [-0.4, -0.2) is 43.1 Å². The average molecular weight is 275 g/mol. The minimum absolute atomic E-state index is 0.518. The monoisotopic (exact) mass is 275 g/mol. The fraction of sp³-hybridized carbons (Fsp3) is 0.533. The van der Waals surface area contributed by atoms with Crippen LogP contribution in [0.15, 0.2) is 18.2 Å². The molecule has 1 aliphatic heterocycles. The Morgan fingerprint density at radius 1 is 1.16 bits per heavy atom. The first-order chi connectivity index (χ1) is 9.13. The Morgan fingerprint density at radius 3 is 2.58 bits per heavy atom. The molecule has 2 heterocycles. The molecule has 102 valence electrons. The van der Waals surface area contributed by atoms with Crippen molar-refractivity contribution in [3.63, 3.8) is 0 Å². The van der Waals surface area contributed by atoms with Gasteiger partial charge < -0.3 is 9.80 Å². The van der Waals surface area contributed by atoms with Gasteiger partial charge in [0.15, 0.2) is 0 Å². The lowest BCUT2D eigenvalue weighted by molar-refractivity contribution is 0.313.